The quantitative estimate of drug-likeness (QED) is 0.390. The second kappa shape index (κ2) is 8.82. The van der Waals surface area contributed by atoms with Gasteiger partial charge in [-0.1, -0.05) is 24.3 Å². The maximum Gasteiger partial charge on any atom is 0.284 e. The lowest BCUT2D eigenvalue weighted by Crippen LogP contribution is -2.22. The van der Waals surface area contributed by atoms with Crippen LogP contribution in [0.4, 0.5) is 11.6 Å². The molecule has 0 radical (unpaired) electrons. The molecule has 0 saturated carbocycles. The van der Waals surface area contributed by atoms with Gasteiger partial charge in [-0.2, -0.15) is 9.50 Å². The second-order valence-electron chi connectivity index (χ2n) is 8.74. The van der Waals surface area contributed by atoms with E-state index in [9.17, 15) is 4.79 Å². The Morgan fingerprint density at radius 3 is 2.44 bits per heavy atom. The number of fused-ring (bicyclic) bond motifs is 4. The third kappa shape index (κ3) is 3.83. The van der Waals surface area contributed by atoms with Crippen molar-refractivity contribution in [2.45, 2.75) is 6.42 Å². The van der Waals surface area contributed by atoms with Crippen LogP contribution in [-0.2, 0) is 6.42 Å². The number of nitrogens with one attached hydrogen (secondary N) is 1. The molecule has 4 aromatic heterocycles. The van der Waals surface area contributed by atoms with Gasteiger partial charge >= 0.3 is 0 Å². The molecule has 0 atom stereocenters. The van der Waals surface area contributed by atoms with Gasteiger partial charge in [-0.3, -0.25) is 4.79 Å². The highest BCUT2D eigenvalue weighted by Gasteiger charge is 2.19. The number of nitrogens with zero attached hydrogens (tertiary/aromatic N) is 8. The first-order chi connectivity index (χ1) is 17.6. The predicted octanol–water partition coefficient (Wildman–Crippen LogP) is 3.22. The van der Waals surface area contributed by atoms with Crippen molar-refractivity contribution in [3.05, 3.63) is 89.1 Å². The van der Waals surface area contributed by atoms with E-state index in [0.717, 1.165) is 29.6 Å². The minimum Gasteiger partial charge on any atom is -0.324 e. The smallest absolute Gasteiger partial charge is 0.284 e. The Morgan fingerprint density at radius 2 is 1.67 bits per heavy atom. The van der Waals surface area contributed by atoms with E-state index in [4.69, 9.17) is 4.98 Å². The third-order valence-corrected chi connectivity index (χ3v) is 5.98. The van der Waals surface area contributed by atoms with Gasteiger partial charge in [-0.15, -0.1) is 0 Å². The molecule has 0 bridgehead atoms. The zero-order valence-electron chi connectivity index (χ0n) is 19.8. The molecule has 1 N–H and O–H groups in total. The molecule has 0 fully saturated rings. The summed E-state index contributed by atoms with van der Waals surface area (Å²) in [5.74, 6) is 0.745. The van der Waals surface area contributed by atoms with E-state index < -0.39 is 0 Å². The monoisotopic (exact) mass is 477 g/mol. The van der Waals surface area contributed by atoms with Crippen LogP contribution in [0.3, 0.4) is 0 Å². The fourth-order valence-corrected chi connectivity index (χ4v) is 4.18. The van der Waals surface area contributed by atoms with Crippen molar-refractivity contribution in [3.8, 4) is 5.95 Å². The predicted molar refractivity (Wildman–Crippen MR) is 139 cm³/mol. The molecule has 10 heteroatoms. The van der Waals surface area contributed by atoms with Gasteiger partial charge in [0, 0.05) is 36.2 Å². The summed E-state index contributed by atoms with van der Waals surface area (Å²) in [5.41, 5.74) is 3.38. The molecule has 0 aliphatic heterocycles. The van der Waals surface area contributed by atoms with Crippen molar-refractivity contribution in [1.82, 2.24) is 39.0 Å². The first-order valence-corrected chi connectivity index (χ1v) is 11.6. The molecule has 0 amide bonds. The fraction of sp³-hybridized carbons (Fsp3) is 0.154. The molecule has 0 saturated heterocycles. The summed E-state index contributed by atoms with van der Waals surface area (Å²) in [6.45, 7) is 0.989. The van der Waals surface area contributed by atoms with Crippen LogP contribution in [-0.4, -0.2) is 59.7 Å². The molecular formula is C26H23N9O. The minimum absolute atomic E-state index is 0.296. The normalized spacial score (nSPS) is 11.6. The van der Waals surface area contributed by atoms with E-state index in [1.165, 1.54) is 16.3 Å². The van der Waals surface area contributed by atoms with E-state index in [2.05, 4.69) is 56.4 Å². The summed E-state index contributed by atoms with van der Waals surface area (Å²) < 4.78 is 3.15. The summed E-state index contributed by atoms with van der Waals surface area (Å²) in [7, 11) is 4.13. The van der Waals surface area contributed by atoms with Crippen LogP contribution in [0.15, 0.2) is 78.0 Å². The lowest BCUT2D eigenvalue weighted by Gasteiger charge is -2.10. The maximum absolute atomic E-state index is 13.6. The third-order valence-electron chi connectivity index (χ3n) is 5.98. The first kappa shape index (κ1) is 21.8. The number of anilines is 2. The van der Waals surface area contributed by atoms with E-state index in [1.54, 1.807) is 23.1 Å². The highest BCUT2D eigenvalue weighted by atomic mass is 16.1. The summed E-state index contributed by atoms with van der Waals surface area (Å²) in [6, 6.07) is 17.5. The summed E-state index contributed by atoms with van der Waals surface area (Å²) in [6.07, 6.45) is 5.76. The molecule has 0 unspecified atom stereocenters. The van der Waals surface area contributed by atoms with Gasteiger partial charge in [0.05, 0.1) is 5.52 Å². The van der Waals surface area contributed by atoms with E-state index in [0.29, 0.717) is 28.6 Å². The van der Waals surface area contributed by atoms with Gasteiger partial charge in [-0.25, -0.2) is 24.6 Å². The van der Waals surface area contributed by atoms with Crippen LogP contribution in [0.2, 0.25) is 0 Å². The highest BCUT2D eigenvalue weighted by Crippen LogP contribution is 2.23. The van der Waals surface area contributed by atoms with Gasteiger partial charge in [0.15, 0.2) is 11.3 Å². The fourth-order valence-electron chi connectivity index (χ4n) is 4.18. The Balaban J connectivity index is 1.43. The molecule has 6 aromatic rings. The number of benzene rings is 2. The van der Waals surface area contributed by atoms with Crippen molar-refractivity contribution in [2.75, 3.05) is 26.0 Å². The average molecular weight is 478 g/mol. The number of likely N-dealkylation sites (N-methyl/N-ethyl adjacent to an activating group) is 1. The lowest BCUT2D eigenvalue weighted by atomic mass is 10.1. The first-order valence-electron chi connectivity index (χ1n) is 11.6. The Labute approximate surface area is 205 Å². The maximum atomic E-state index is 13.6. The van der Waals surface area contributed by atoms with Gasteiger partial charge in [0.1, 0.15) is 5.39 Å². The second-order valence-corrected chi connectivity index (χ2v) is 8.74. The minimum atomic E-state index is -0.296. The van der Waals surface area contributed by atoms with Crippen LogP contribution in [0, 0.1) is 0 Å². The van der Waals surface area contributed by atoms with Crippen molar-refractivity contribution in [2.24, 2.45) is 0 Å². The summed E-state index contributed by atoms with van der Waals surface area (Å²) >= 11 is 0. The Morgan fingerprint density at radius 1 is 0.889 bits per heavy atom. The summed E-state index contributed by atoms with van der Waals surface area (Å²) in [4.78, 5) is 38.2. The highest BCUT2D eigenvalue weighted by molar-refractivity contribution is 5.95. The topological polar surface area (TPSA) is 106 Å². The Hall–Kier alpha value is -4.70. The van der Waals surface area contributed by atoms with Gasteiger partial charge in [-0.05, 0) is 56.4 Å². The molecule has 0 spiro atoms. The van der Waals surface area contributed by atoms with Crippen LogP contribution in [0.5, 0.6) is 0 Å². The molecule has 36 heavy (non-hydrogen) atoms. The lowest BCUT2D eigenvalue weighted by molar-refractivity contribution is 0.413. The van der Waals surface area contributed by atoms with Crippen molar-refractivity contribution < 1.29 is 0 Å². The zero-order chi connectivity index (χ0) is 24.6. The molecule has 10 nitrogen and oxygen atoms in total. The van der Waals surface area contributed by atoms with Crippen LogP contribution in [0.1, 0.15) is 5.56 Å². The standard InChI is InChI=1S/C26H23N9O/c1-33(2)15-12-17-8-10-18(11-9-17)30-25-29-16-20-22(32-25)31-23-19-6-3-4-7-21(19)34(35(23)24(20)36)26-27-13-5-14-28-26/h3-11,13-14,16H,12,15H2,1-2H3,(H,29,30,32). The molecule has 4 heterocycles. The molecule has 2 aromatic carbocycles. The number of hydrogen-bond donors (Lipinski definition) is 1. The van der Waals surface area contributed by atoms with Crippen molar-refractivity contribution in [3.63, 3.8) is 0 Å². The van der Waals surface area contributed by atoms with E-state index >= 15 is 0 Å². The van der Waals surface area contributed by atoms with Gasteiger partial charge in [0.25, 0.3) is 5.56 Å². The van der Waals surface area contributed by atoms with E-state index in [-0.39, 0.29) is 5.56 Å². The van der Waals surface area contributed by atoms with Crippen LogP contribution >= 0.6 is 0 Å². The molecule has 0 aliphatic carbocycles. The Kier molecular flexibility index (Phi) is 5.34. The number of rotatable bonds is 6. The van der Waals surface area contributed by atoms with Gasteiger partial charge < -0.3 is 10.2 Å². The number of hydrogen-bond acceptors (Lipinski definition) is 8. The zero-order valence-corrected chi connectivity index (χ0v) is 19.8. The molecular weight excluding hydrogens is 454 g/mol. The van der Waals surface area contributed by atoms with Crippen LogP contribution < -0.4 is 10.9 Å². The van der Waals surface area contributed by atoms with Crippen molar-refractivity contribution in [1.29, 1.82) is 0 Å². The summed E-state index contributed by atoms with van der Waals surface area (Å²) in [5, 5.41) is 4.32. The van der Waals surface area contributed by atoms with E-state index in [1.807, 2.05) is 36.4 Å². The molecule has 178 valence electrons. The van der Waals surface area contributed by atoms with Crippen LogP contribution in [0.25, 0.3) is 33.5 Å². The average Bonchev–Trinajstić information content (AvgIpc) is 3.23. The number of para-hydroxylation sites is 1. The van der Waals surface area contributed by atoms with Crippen molar-refractivity contribution >= 4 is 39.2 Å². The molecule has 6 rings (SSSR count). The molecule has 0 aliphatic rings. The van der Waals surface area contributed by atoms with Gasteiger partial charge in [0.2, 0.25) is 11.9 Å². The largest absolute Gasteiger partial charge is 0.324 e. The number of aromatic nitrogens is 7. The Bertz CT molecular complexity index is 1760. The SMILES string of the molecule is CN(C)CCc1ccc(Nc2ncc3c(=O)n4c(nc3n2)c2ccccc2n4-c2ncccn2)cc1.